The van der Waals surface area contributed by atoms with Crippen LogP contribution in [0.15, 0.2) is 55.0 Å². The molecule has 0 radical (unpaired) electrons. The van der Waals surface area contributed by atoms with Crippen molar-refractivity contribution in [2.24, 2.45) is 11.3 Å². The minimum Gasteiger partial charge on any atom is -0.382 e. The topological polar surface area (TPSA) is 128 Å². The molecule has 2 bridgehead atoms. The lowest BCUT2D eigenvalue weighted by Crippen LogP contribution is -2.59. The van der Waals surface area contributed by atoms with Gasteiger partial charge >= 0.3 is 6.18 Å². The highest BCUT2D eigenvalue weighted by atomic mass is 19.4. The Hall–Kier alpha value is -5.30. The maximum absolute atomic E-state index is 14.8. The van der Waals surface area contributed by atoms with Gasteiger partial charge < -0.3 is 10.6 Å². The van der Waals surface area contributed by atoms with E-state index < -0.39 is 30.0 Å². The van der Waals surface area contributed by atoms with Gasteiger partial charge in [0.25, 0.3) is 0 Å². The summed E-state index contributed by atoms with van der Waals surface area (Å²) in [4.78, 5) is 8.54. The molecule has 1 atom stereocenters. The van der Waals surface area contributed by atoms with Crippen LogP contribution >= 0.6 is 0 Å². The summed E-state index contributed by atoms with van der Waals surface area (Å²) >= 11 is 0. The molecule has 3 aliphatic carbocycles. The Morgan fingerprint density at radius 1 is 1.02 bits per heavy atom. The molecule has 2 aromatic carbocycles. The summed E-state index contributed by atoms with van der Waals surface area (Å²) in [5.74, 6) is 0.229. The fraction of sp³-hybridized carbons (Fsp3) is 0.333. The van der Waals surface area contributed by atoms with Crippen LogP contribution in [0, 0.1) is 39.8 Å². The van der Waals surface area contributed by atoms with E-state index in [1.165, 1.54) is 18.5 Å². The summed E-state index contributed by atoms with van der Waals surface area (Å²) in [6.07, 6.45) is 3.26. The first-order valence-corrected chi connectivity index (χ1v) is 14.7. The van der Waals surface area contributed by atoms with E-state index in [1.54, 1.807) is 30.3 Å². The number of anilines is 2. The first-order chi connectivity index (χ1) is 21.9. The maximum atomic E-state index is 14.8. The van der Waals surface area contributed by atoms with E-state index in [4.69, 9.17) is 0 Å². The third-order valence-electron chi connectivity index (χ3n) is 9.36. The summed E-state index contributed by atoms with van der Waals surface area (Å²) in [5, 5.41) is 36.0. The summed E-state index contributed by atoms with van der Waals surface area (Å²) in [5.41, 5.74) is 0.170. The molecule has 0 saturated heterocycles. The molecule has 3 aromatic heterocycles. The van der Waals surface area contributed by atoms with E-state index in [-0.39, 0.29) is 33.4 Å². The lowest BCUT2D eigenvalue weighted by molar-refractivity contribution is -0.206. The van der Waals surface area contributed by atoms with Gasteiger partial charge in [0, 0.05) is 35.4 Å². The molecule has 46 heavy (non-hydrogen) atoms. The molecule has 3 fully saturated rings. The second-order valence-electron chi connectivity index (χ2n) is 12.8. The molecule has 0 amide bonds. The Labute approximate surface area is 260 Å². The van der Waals surface area contributed by atoms with Crippen LogP contribution in [-0.4, -0.2) is 37.7 Å². The second kappa shape index (κ2) is 10.4. The van der Waals surface area contributed by atoms with E-state index in [1.807, 2.05) is 16.9 Å². The van der Waals surface area contributed by atoms with E-state index in [2.05, 4.69) is 37.0 Å². The summed E-state index contributed by atoms with van der Waals surface area (Å²) in [6.45, 7) is 1.61. The summed E-state index contributed by atoms with van der Waals surface area (Å²) in [7, 11) is 0. The number of aromatic nitrogens is 5. The number of nitrogens with zero attached hydrogens (tertiary/aromatic N) is 7. The third kappa shape index (κ3) is 4.66. The average Bonchev–Trinajstić information content (AvgIpc) is 3.46. The number of fused-ring (bicyclic) bond motifs is 2. The van der Waals surface area contributed by atoms with Crippen molar-refractivity contribution in [3.05, 3.63) is 83.2 Å². The highest BCUT2D eigenvalue weighted by molar-refractivity contribution is 5.99. The molecule has 3 heterocycles. The molecule has 8 rings (SSSR count). The smallest absolute Gasteiger partial charge is 0.382 e. The number of pyridine rings is 2. The molecule has 3 aliphatic rings. The van der Waals surface area contributed by atoms with Crippen LogP contribution in [0.4, 0.5) is 28.9 Å². The van der Waals surface area contributed by atoms with Gasteiger partial charge in [-0.1, -0.05) is 17.3 Å². The predicted molar refractivity (Wildman–Crippen MR) is 162 cm³/mol. The number of alkyl halides is 3. The van der Waals surface area contributed by atoms with Crippen LogP contribution in [0.5, 0.6) is 0 Å². The summed E-state index contributed by atoms with van der Waals surface area (Å²) < 4.78 is 57.9. The molecule has 5 aromatic rings. The van der Waals surface area contributed by atoms with Gasteiger partial charge in [0.15, 0.2) is 0 Å². The Morgan fingerprint density at radius 2 is 1.78 bits per heavy atom. The van der Waals surface area contributed by atoms with E-state index >= 15 is 0 Å². The number of halogens is 4. The molecule has 3 saturated carbocycles. The molecule has 0 aliphatic heterocycles. The van der Waals surface area contributed by atoms with Crippen LogP contribution in [0.2, 0.25) is 0 Å². The Kier molecular flexibility index (Phi) is 6.63. The van der Waals surface area contributed by atoms with Crippen molar-refractivity contribution >= 4 is 33.2 Å². The van der Waals surface area contributed by atoms with Crippen molar-refractivity contribution in [2.75, 3.05) is 17.2 Å². The molecular weight excluding hydrogens is 598 g/mol. The van der Waals surface area contributed by atoms with Gasteiger partial charge in [-0.2, -0.15) is 23.7 Å². The van der Waals surface area contributed by atoms with Gasteiger partial charge in [-0.3, -0.25) is 9.97 Å². The van der Waals surface area contributed by atoms with Crippen LogP contribution in [0.25, 0.3) is 21.8 Å². The number of hydrogen-bond acceptors (Lipinski definition) is 8. The van der Waals surface area contributed by atoms with Gasteiger partial charge in [-0.15, -0.1) is 5.10 Å². The number of nitrogens with one attached hydrogen (secondary N) is 2. The number of benzene rings is 2. The SMILES string of the molecule is CC(C)(CNc1c(C#N)cnc2c(C#N)cc(NC(c3cn(C45CC(C4)C5)nn3)c3ccc(F)c4ncccc34)cc12)C(F)(F)F. The van der Waals surface area contributed by atoms with E-state index in [9.17, 15) is 28.1 Å². The van der Waals surface area contributed by atoms with Crippen molar-refractivity contribution in [1.29, 1.82) is 10.5 Å². The number of nitriles is 2. The van der Waals surface area contributed by atoms with Gasteiger partial charge in [0.2, 0.25) is 0 Å². The highest BCUT2D eigenvalue weighted by Crippen LogP contribution is 2.62. The molecule has 232 valence electrons. The van der Waals surface area contributed by atoms with Crippen LogP contribution in [0.3, 0.4) is 0 Å². The lowest BCUT2D eigenvalue weighted by atomic mass is 9.50. The van der Waals surface area contributed by atoms with Gasteiger partial charge in [0.05, 0.1) is 45.5 Å². The number of rotatable bonds is 8. The molecule has 0 spiro atoms. The van der Waals surface area contributed by atoms with Crippen molar-refractivity contribution < 1.29 is 17.6 Å². The molecule has 1 unspecified atom stereocenters. The minimum atomic E-state index is -4.50. The van der Waals surface area contributed by atoms with Crippen molar-refractivity contribution in [3.63, 3.8) is 0 Å². The second-order valence-corrected chi connectivity index (χ2v) is 12.8. The van der Waals surface area contributed by atoms with Gasteiger partial charge in [-0.25, -0.2) is 9.07 Å². The van der Waals surface area contributed by atoms with Gasteiger partial charge in [-0.05, 0) is 68.9 Å². The first kappa shape index (κ1) is 29.4. The average molecular weight is 626 g/mol. The monoisotopic (exact) mass is 625 g/mol. The van der Waals surface area contributed by atoms with Crippen LogP contribution in [-0.2, 0) is 5.54 Å². The first-order valence-electron chi connectivity index (χ1n) is 14.7. The van der Waals surface area contributed by atoms with Crippen molar-refractivity contribution in [1.82, 2.24) is 25.0 Å². The molecule has 9 nitrogen and oxygen atoms in total. The zero-order chi connectivity index (χ0) is 32.4. The van der Waals surface area contributed by atoms with Crippen molar-refractivity contribution in [2.45, 2.75) is 50.9 Å². The quantitative estimate of drug-likeness (QED) is 0.177. The van der Waals surface area contributed by atoms with E-state index in [0.29, 0.717) is 33.6 Å². The molecule has 2 N–H and O–H groups in total. The zero-order valence-electron chi connectivity index (χ0n) is 24.8. The molecular formula is C33H27F4N9. The number of hydrogen-bond donors (Lipinski definition) is 2. The maximum Gasteiger partial charge on any atom is 0.395 e. The Bertz CT molecular complexity index is 2090. The Morgan fingerprint density at radius 3 is 2.46 bits per heavy atom. The van der Waals surface area contributed by atoms with Crippen molar-refractivity contribution in [3.8, 4) is 12.1 Å². The predicted octanol–water partition coefficient (Wildman–Crippen LogP) is 6.97. The Balaban J connectivity index is 1.36. The van der Waals surface area contributed by atoms with E-state index in [0.717, 1.165) is 33.1 Å². The zero-order valence-corrected chi connectivity index (χ0v) is 24.8. The third-order valence-corrected chi connectivity index (χ3v) is 9.36. The standard InChI is InChI=1S/C33H27F4N9/c1-31(2,33(35,36)37)17-42-28-20(14-39)15-41-27-19(13-38)8-21(9-24(27)28)43-30(23-5-6-25(34)29-22(23)4-3-7-40-29)26-16-46(45-44-26)32-10-18(11-32)12-32/h3-9,15-16,18,30,43H,10-12,17H2,1-2H3,(H,41,42). The van der Waals surface area contributed by atoms with Crippen LogP contribution in [0.1, 0.15) is 61.5 Å². The highest BCUT2D eigenvalue weighted by Gasteiger charge is 2.59. The molecule has 13 heteroatoms. The lowest BCUT2D eigenvalue weighted by Gasteiger charge is -2.61. The normalized spacial score (nSPS) is 19.5. The largest absolute Gasteiger partial charge is 0.395 e. The minimum absolute atomic E-state index is 0.0279. The van der Waals surface area contributed by atoms with Crippen LogP contribution < -0.4 is 10.6 Å². The summed E-state index contributed by atoms with van der Waals surface area (Å²) in [6, 6.07) is 13.1. The van der Waals surface area contributed by atoms with Gasteiger partial charge in [0.1, 0.15) is 29.2 Å². The fourth-order valence-corrected chi connectivity index (χ4v) is 6.40. The fourth-order valence-electron chi connectivity index (χ4n) is 6.40.